The van der Waals surface area contributed by atoms with E-state index in [4.69, 9.17) is 21.1 Å². The van der Waals surface area contributed by atoms with E-state index in [1.54, 1.807) is 37.6 Å². The Kier molecular flexibility index (Phi) is 6.59. The second-order valence-electron chi connectivity index (χ2n) is 5.77. The molecule has 7 heteroatoms. The number of hydrogen-bond donors (Lipinski definition) is 1. The van der Waals surface area contributed by atoms with Crippen molar-refractivity contribution in [1.82, 2.24) is 10.4 Å². The highest BCUT2D eigenvalue weighted by molar-refractivity contribution is 6.30. The van der Waals surface area contributed by atoms with Crippen LogP contribution in [0.4, 0.5) is 0 Å². The third kappa shape index (κ3) is 5.31. The average Bonchev–Trinajstić information content (AvgIpc) is 2.74. The molecule has 0 radical (unpaired) electrons. The Morgan fingerprint density at radius 3 is 2.71 bits per heavy atom. The van der Waals surface area contributed by atoms with E-state index in [1.807, 2.05) is 30.3 Å². The van der Waals surface area contributed by atoms with Gasteiger partial charge in [-0.3, -0.25) is 9.78 Å². The van der Waals surface area contributed by atoms with Crippen molar-refractivity contribution in [3.05, 3.63) is 88.7 Å². The average molecular weight is 396 g/mol. The number of hydrogen-bond acceptors (Lipinski definition) is 5. The molecule has 1 amide bonds. The molecule has 2 aromatic carbocycles. The molecule has 0 bridgehead atoms. The van der Waals surface area contributed by atoms with Crippen LogP contribution in [0.2, 0.25) is 5.02 Å². The van der Waals surface area contributed by atoms with Crippen molar-refractivity contribution in [2.24, 2.45) is 5.10 Å². The monoisotopic (exact) mass is 395 g/mol. The summed E-state index contributed by atoms with van der Waals surface area (Å²) in [7, 11) is 1.57. The molecular formula is C21H18ClN3O3. The van der Waals surface area contributed by atoms with Crippen molar-refractivity contribution < 1.29 is 14.3 Å². The fourth-order valence-electron chi connectivity index (χ4n) is 2.35. The zero-order valence-corrected chi connectivity index (χ0v) is 15.9. The van der Waals surface area contributed by atoms with Gasteiger partial charge in [-0.25, -0.2) is 5.43 Å². The maximum Gasteiger partial charge on any atom is 0.272 e. The number of carbonyl (C=O) groups excluding carboxylic acids is 1. The fourth-order valence-corrected chi connectivity index (χ4v) is 2.48. The van der Waals surface area contributed by atoms with Gasteiger partial charge in [0.15, 0.2) is 11.5 Å². The Hall–Kier alpha value is -3.38. The highest BCUT2D eigenvalue weighted by atomic mass is 35.5. The lowest BCUT2D eigenvalue weighted by atomic mass is 10.2. The Morgan fingerprint density at radius 2 is 2.00 bits per heavy atom. The molecule has 0 spiro atoms. The summed E-state index contributed by atoms with van der Waals surface area (Å²) < 4.78 is 11.2. The number of benzene rings is 2. The van der Waals surface area contributed by atoms with Crippen LogP contribution in [-0.4, -0.2) is 24.2 Å². The summed E-state index contributed by atoms with van der Waals surface area (Å²) in [5.74, 6) is 0.838. The van der Waals surface area contributed by atoms with E-state index < -0.39 is 0 Å². The topological polar surface area (TPSA) is 72.8 Å². The molecule has 142 valence electrons. The quantitative estimate of drug-likeness (QED) is 0.483. The summed E-state index contributed by atoms with van der Waals surface area (Å²) in [5.41, 5.74) is 4.64. The molecule has 6 nitrogen and oxygen atoms in total. The molecule has 1 aromatic heterocycles. The van der Waals surface area contributed by atoms with E-state index in [-0.39, 0.29) is 5.91 Å². The Labute approximate surface area is 167 Å². The van der Waals surface area contributed by atoms with Crippen LogP contribution in [0.5, 0.6) is 11.5 Å². The van der Waals surface area contributed by atoms with Crippen LogP contribution in [0.1, 0.15) is 21.5 Å². The molecule has 0 aliphatic carbocycles. The molecule has 0 unspecified atom stereocenters. The van der Waals surface area contributed by atoms with Crippen molar-refractivity contribution in [3.63, 3.8) is 0 Å². The van der Waals surface area contributed by atoms with Crippen LogP contribution in [-0.2, 0) is 6.61 Å². The molecule has 1 heterocycles. The lowest BCUT2D eigenvalue weighted by Gasteiger charge is -2.11. The molecule has 0 atom stereocenters. The molecule has 1 N–H and O–H groups in total. The molecular weight excluding hydrogens is 378 g/mol. The number of amides is 1. The molecule has 3 aromatic rings. The number of pyridine rings is 1. The van der Waals surface area contributed by atoms with Crippen LogP contribution in [0.3, 0.4) is 0 Å². The summed E-state index contributed by atoms with van der Waals surface area (Å²) in [5, 5.41) is 4.64. The maximum absolute atomic E-state index is 11.9. The Balaban J connectivity index is 1.62. The second-order valence-corrected chi connectivity index (χ2v) is 6.20. The molecule has 0 saturated heterocycles. The molecule has 0 fully saturated rings. The smallest absolute Gasteiger partial charge is 0.272 e. The predicted octanol–water partition coefficient (Wildman–Crippen LogP) is 4.09. The van der Waals surface area contributed by atoms with E-state index in [9.17, 15) is 4.79 Å². The number of rotatable bonds is 7. The van der Waals surface area contributed by atoms with Gasteiger partial charge in [-0.05, 0) is 53.6 Å². The second kappa shape index (κ2) is 9.53. The van der Waals surface area contributed by atoms with Gasteiger partial charge in [0.05, 0.1) is 18.9 Å². The van der Waals surface area contributed by atoms with Crippen molar-refractivity contribution >= 4 is 23.7 Å². The van der Waals surface area contributed by atoms with E-state index in [2.05, 4.69) is 15.5 Å². The minimum absolute atomic E-state index is 0.334. The number of hydrazone groups is 1. The SMILES string of the molecule is COc1cc(/C=N\NC(=O)c2cccnc2)ccc1OCc1ccc(Cl)cc1. The summed E-state index contributed by atoms with van der Waals surface area (Å²) in [4.78, 5) is 15.8. The molecule has 3 rings (SSSR count). The van der Waals surface area contributed by atoms with Gasteiger partial charge in [-0.2, -0.15) is 5.10 Å². The standard InChI is InChI=1S/C21H18ClN3O3/c1-27-20-11-16(12-24-25-21(26)17-3-2-10-23-13-17)6-9-19(20)28-14-15-4-7-18(22)8-5-15/h2-13H,14H2,1H3,(H,25,26)/b24-12-. The van der Waals surface area contributed by atoms with Gasteiger partial charge < -0.3 is 9.47 Å². The van der Waals surface area contributed by atoms with Crippen molar-refractivity contribution in [2.45, 2.75) is 6.61 Å². The highest BCUT2D eigenvalue weighted by Crippen LogP contribution is 2.28. The molecule has 0 saturated carbocycles. The van der Waals surface area contributed by atoms with E-state index in [0.717, 1.165) is 11.1 Å². The lowest BCUT2D eigenvalue weighted by Crippen LogP contribution is -2.17. The summed E-state index contributed by atoms with van der Waals surface area (Å²) in [6, 6.07) is 16.2. The number of nitrogens with zero attached hydrogens (tertiary/aromatic N) is 2. The highest BCUT2D eigenvalue weighted by Gasteiger charge is 2.06. The van der Waals surface area contributed by atoms with E-state index in [0.29, 0.717) is 28.7 Å². The van der Waals surface area contributed by atoms with Gasteiger partial charge in [-0.1, -0.05) is 23.7 Å². The summed E-state index contributed by atoms with van der Waals surface area (Å²) in [6.45, 7) is 0.391. The van der Waals surface area contributed by atoms with Crippen LogP contribution >= 0.6 is 11.6 Å². The van der Waals surface area contributed by atoms with Crippen LogP contribution in [0.25, 0.3) is 0 Å². The number of halogens is 1. The van der Waals surface area contributed by atoms with Gasteiger partial charge in [0, 0.05) is 17.4 Å². The number of ether oxygens (including phenoxy) is 2. The number of carbonyl (C=O) groups is 1. The summed E-state index contributed by atoms with van der Waals surface area (Å²) in [6.07, 6.45) is 4.60. The third-order valence-corrected chi connectivity index (χ3v) is 4.05. The molecule has 0 aliphatic heterocycles. The Morgan fingerprint density at radius 1 is 1.18 bits per heavy atom. The minimum atomic E-state index is -0.334. The van der Waals surface area contributed by atoms with Gasteiger partial charge in [0.1, 0.15) is 6.61 Å². The van der Waals surface area contributed by atoms with Crippen LogP contribution in [0.15, 0.2) is 72.1 Å². The third-order valence-electron chi connectivity index (χ3n) is 3.80. The summed E-state index contributed by atoms with van der Waals surface area (Å²) >= 11 is 5.89. The van der Waals surface area contributed by atoms with Gasteiger partial charge in [-0.15, -0.1) is 0 Å². The molecule has 28 heavy (non-hydrogen) atoms. The minimum Gasteiger partial charge on any atom is -0.493 e. The predicted molar refractivity (Wildman–Crippen MR) is 108 cm³/mol. The van der Waals surface area contributed by atoms with Crippen molar-refractivity contribution in [2.75, 3.05) is 7.11 Å². The number of nitrogens with one attached hydrogen (secondary N) is 1. The lowest BCUT2D eigenvalue weighted by molar-refractivity contribution is 0.0955. The zero-order chi connectivity index (χ0) is 19.8. The largest absolute Gasteiger partial charge is 0.493 e. The first-order chi connectivity index (χ1) is 13.7. The first-order valence-corrected chi connectivity index (χ1v) is 8.82. The van der Waals surface area contributed by atoms with Crippen LogP contribution < -0.4 is 14.9 Å². The number of methoxy groups -OCH3 is 1. The van der Waals surface area contributed by atoms with Gasteiger partial charge >= 0.3 is 0 Å². The van der Waals surface area contributed by atoms with Crippen LogP contribution in [0, 0.1) is 0 Å². The first-order valence-electron chi connectivity index (χ1n) is 8.44. The zero-order valence-electron chi connectivity index (χ0n) is 15.1. The Bertz CT molecular complexity index is 960. The van der Waals surface area contributed by atoms with Crippen molar-refractivity contribution in [3.8, 4) is 11.5 Å². The van der Waals surface area contributed by atoms with E-state index in [1.165, 1.54) is 12.4 Å². The normalized spacial score (nSPS) is 10.6. The number of aromatic nitrogens is 1. The van der Waals surface area contributed by atoms with Gasteiger partial charge in [0.2, 0.25) is 0 Å². The van der Waals surface area contributed by atoms with E-state index >= 15 is 0 Å². The molecule has 0 aliphatic rings. The van der Waals surface area contributed by atoms with Gasteiger partial charge in [0.25, 0.3) is 5.91 Å². The fraction of sp³-hybridized carbons (Fsp3) is 0.0952. The van der Waals surface area contributed by atoms with Crippen molar-refractivity contribution in [1.29, 1.82) is 0 Å². The first kappa shape index (κ1) is 19.4. The maximum atomic E-state index is 11.9.